The Hall–Kier alpha value is -2.76. The normalized spacial score (nSPS) is 19.3. The molecule has 11 heteroatoms. The maximum Gasteiger partial charge on any atom is 0.283 e. The van der Waals surface area contributed by atoms with Gasteiger partial charge in [0.1, 0.15) is 24.1 Å². The summed E-state index contributed by atoms with van der Waals surface area (Å²) in [6.45, 7) is -0.877. The van der Waals surface area contributed by atoms with E-state index in [4.69, 9.17) is 5.11 Å². The van der Waals surface area contributed by atoms with Crippen molar-refractivity contribution >= 4 is 16.6 Å². The Morgan fingerprint density at radius 3 is 2.49 bits per heavy atom. The van der Waals surface area contributed by atoms with Crippen LogP contribution in [-0.4, -0.2) is 77.9 Å². The summed E-state index contributed by atoms with van der Waals surface area (Å²) in [5.41, 5.74) is 0.799. The standard InChI is InChI=1S/C26H28F6N4O/c27-6-2-7-35-11-16(12-35)33-15-9-20(29)22(21(30)10-15)25-24-18(5-8-36(25)13-26(31,32)14-37)17-3-1-4-19(28)23(17)34-24/h1,3-4,9-10,16,25,33-34,37H,2,5-8,11-14H2. The van der Waals surface area contributed by atoms with Gasteiger partial charge in [0, 0.05) is 48.5 Å². The van der Waals surface area contributed by atoms with E-state index in [1.807, 2.05) is 4.90 Å². The van der Waals surface area contributed by atoms with Gasteiger partial charge in [-0.25, -0.2) is 22.0 Å². The van der Waals surface area contributed by atoms with E-state index >= 15 is 8.78 Å². The smallest absolute Gasteiger partial charge is 0.283 e. The van der Waals surface area contributed by atoms with E-state index < -0.39 is 54.8 Å². The summed E-state index contributed by atoms with van der Waals surface area (Å²) in [7, 11) is 0. The SMILES string of the molecule is OCC(F)(F)CN1CCc2c([nH]c3c(F)cccc23)C1c1c(F)cc(NC2CN(CCCF)C2)cc1F. The molecule has 2 aromatic carbocycles. The lowest BCUT2D eigenvalue weighted by atomic mass is 9.91. The fraction of sp³-hybridized carbons (Fsp3) is 0.462. The average Bonchev–Trinajstić information content (AvgIpc) is 3.21. The molecule has 1 atom stereocenters. The van der Waals surface area contributed by atoms with Crippen molar-refractivity contribution in [2.75, 3.05) is 51.3 Å². The average molecular weight is 527 g/mol. The number of fused-ring (bicyclic) bond motifs is 3. The molecule has 5 nitrogen and oxygen atoms in total. The maximum atomic E-state index is 15.5. The minimum Gasteiger partial charge on any atom is -0.390 e. The number of hydrogen-bond acceptors (Lipinski definition) is 4. The van der Waals surface area contributed by atoms with Crippen molar-refractivity contribution in [3.05, 3.63) is 64.6 Å². The molecule has 3 heterocycles. The Bertz CT molecular complexity index is 1250. The quantitative estimate of drug-likeness (QED) is 0.357. The lowest BCUT2D eigenvalue weighted by Gasteiger charge is -2.40. The van der Waals surface area contributed by atoms with Crippen LogP contribution in [0.3, 0.4) is 0 Å². The van der Waals surface area contributed by atoms with Gasteiger partial charge in [-0.3, -0.25) is 14.2 Å². The Morgan fingerprint density at radius 2 is 1.81 bits per heavy atom. The second-order valence-electron chi connectivity index (χ2n) is 9.81. The first-order chi connectivity index (χ1) is 17.7. The molecule has 3 N–H and O–H groups in total. The zero-order valence-corrected chi connectivity index (χ0v) is 20.0. The molecule has 1 aromatic heterocycles. The van der Waals surface area contributed by atoms with Crippen LogP contribution in [0.1, 0.15) is 29.3 Å². The van der Waals surface area contributed by atoms with Crippen LogP contribution in [0.2, 0.25) is 0 Å². The van der Waals surface area contributed by atoms with Gasteiger partial charge in [-0.15, -0.1) is 0 Å². The molecule has 2 aliphatic heterocycles. The number of nitrogens with one attached hydrogen (secondary N) is 2. The molecule has 1 fully saturated rings. The number of likely N-dealkylation sites (tertiary alicyclic amines) is 1. The van der Waals surface area contributed by atoms with Crippen LogP contribution >= 0.6 is 0 Å². The number of benzene rings is 2. The second-order valence-corrected chi connectivity index (χ2v) is 9.81. The van der Waals surface area contributed by atoms with Crippen molar-refractivity contribution in [3.8, 4) is 0 Å². The number of para-hydroxylation sites is 1. The molecule has 200 valence electrons. The van der Waals surface area contributed by atoms with Crippen LogP contribution in [0.15, 0.2) is 30.3 Å². The van der Waals surface area contributed by atoms with Crippen LogP contribution in [-0.2, 0) is 6.42 Å². The highest BCUT2D eigenvalue weighted by atomic mass is 19.3. The molecule has 0 radical (unpaired) electrons. The van der Waals surface area contributed by atoms with Gasteiger partial charge in [0.25, 0.3) is 5.92 Å². The third-order valence-corrected chi connectivity index (χ3v) is 7.17. The predicted octanol–water partition coefficient (Wildman–Crippen LogP) is 4.62. The Balaban J connectivity index is 1.49. The van der Waals surface area contributed by atoms with Gasteiger partial charge in [-0.05, 0) is 36.6 Å². The van der Waals surface area contributed by atoms with E-state index in [0.29, 0.717) is 37.0 Å². The lowest BCUT2D eigenvalue weighted by molar-refractivity contribution is -0.0791. The number of alkyl halides is 3. The number of halogens is 6. The van der Waals surface area contributed by atoms with Crippen molar-refractivity contribution in [3.63, 3.8) is 0 Å². The number of aliphatic hydroxyl groups is 1. The number of H-pyrrole nitrogens is 1. The zero-order chi connectivity index (χ0) is 26.3. The predicted molar refractivity (Wildman–Crippen MR) is 128 cm³/mol. The largest absolute Gasteiger partial charge is 0.390 e. The molecular formula is C26H28F6N4O. The van der Waals surface area contributed by atoms with E-state index in [1.54, 1.807) is 6.07 Å². The van der Waals surface area contributed by atoms with Gasteiger partial charge in [-0.1, -0.05) is 12.1 Å². The Kier molecular flexibility index (Phi) is 7.12. The van der Waals surface area contributed by atoms with Gasteiger partial charge in [0.2, 0.25) is 0 Å². The second kappa shape index (κ2) is 10.2. The van der Waals surface area contributed by atoms with Crippen LogP contribution in [0.4, 0.5) is 32.0 Å². The highest BCUT2D eigenvalue weighted by molar-refractivity contribution is 5.86. The molecule has 0 bridgehead atoms. The zero-order valence-electron chi connectivity index (χ0n) is 20.0. The van der Waals surface area contributed by atoms with Crippen molar-refractivity contribution in [1.29, 1.82) is 0 Å². The minimum atomic E-state index is -3.50. The molecule has 0 amide bonds. The summed E-state index contributed by atoms with van der Waals surface area (Å²) in [5.74, 6) is -5.91. The molecule has 1 saturated heterocycles. The van der Waals surface area contributed by atoms with E-state index in [-0.39, 0.29) is 35.9 Å². The lowest BCUT2D eigenvalue weighted by Crippen LogP contribution is -2.54. The first-order valence-corrected chi connectivity index (χ1v) is 12.3. The van der Waals surface area contributed by atoms with Crippen LogP contribution in [0.25, 0.3) is 10.9 Å². The van der Waals surface area contributed by atoms with Gasteiger partial charge in [0.05, 0.1) is 30.8 Å². The number of nitrogens with zero attached hydrogens (tertiary/aromatic N) is 2. The van der Waals surface area contributed by atoms with E-state index in [0.717, 1.165) is 12.1 Å². The third kappa shape index (κ3) is 5.04. The Labute approximate surface area is 210 Å². The molecular weight excluding hydrogens is 498 g/mol. The summed E-state index contributed by atoms with van der Waals surface area (Å²) in [5, 5.41) is 12.7. The molecule has 0 spiro atoms. The summed E-state index contributed by atoms with van der Waals surface area (Å²) in [6.07, 6.45) is 0.692. The van der Waals surface area contributed by atoms with E-state index in [2.05, 4.69) is 10.3 Å². The van der Waals surface area contributed by atoms with Crippen molar-refractivity contribution in [2.24, 2.45) is 0 Å². The monoisotopic (exact) mass is 526 g/mol. The van der Waals surface area contributed by atoms with Gasteiger partial charge >= 0.3 is 0 Å². The fourth-order valence-electron chi connectivity index (χ4n) is 5.46. The third-order valence-electron chi connectivity index (χ3n) is 7.17. The first-order valence-electron chi connectivity index (χ1n) is 12.3. The number of aliphatic hydroxyl groups excluding tert-OH is 1. The fourth-order valence-corrected chi connectivity index (χ4v) is 5.46. The summed E-state index contributed by atoms with van der Waals surface area (Å²) < 4.78 is 86.5. The van der Waals surface area contributed by atoms with Crippen molar-refractivity contribution in [1.82, 2.24) is 14.8 Å². The Morgan fingerprint density at radius 1 is 1.08 bits per heavy atom. The van der Waals surface area contributed by atoms with Crippen molar-refractivity contribution < 1.29 is 31.4 Å². The molecule has 37 heavy (non-hydrogen) atoms. The number of hydrogen-bond donors (Lipinski definition) is 3. The maximum absolute atomic E-state index is 15.5. The van der Waals surface area contributed by atoms with E-state index in [9.17, 15) is 17.6 Å². The number of aromatic amines is 1. The van der Waals surface area contributed by atoms with Crippen LogP contribution < -0.4 is 5.32 Å². The summed E-state index contributed by atoms with van der Waals surface area (Å²) in [6, 6.07) is 5.37. The minimum absolute atomic E-state index is 0.0341. The van der Waals surface area contributed by atoms with Gasteiger partial charge in [0.15, 0.2) is 0 Å². The summed E-state index contributed by atoms with van der Waals surface area (Å²) in [4.78, 5) is 6.14. The van der Waals surface area contributed by atoms with Gasteiger partial charge < -0.3 is 15.4 Å². The number of anilines is 1. The van der Waals surface area contributed by atoms with Crippen molar-refractivity contribution in [2.45, 2.75) is 30.8 Å². The molecule has 1 unspecified atom stereocenters. The highest BCUT2D eigenvalue weighted by Crippen LogP contribution is 2.42. The molecule has 2 aliphatic rings. The molecule has 0 saturated carbocycles. The van der Waals surface area contributed by atoms with Gasteiger partial charge in [-0.2, -0.15) is 0 Å². The number of aromatic nitrogens is 1. The summed E-state index contributed by atoms with van der Waals surface area (Å²) >= 11 is 0. The molecule has 0 aliphatic carbocycles. The topological polar surface area (TPSA) is 54.5 Å². The highest BCUT2D eigenvalue weighted by Gasteiger charge is 2.41. The molecule has 5 rings (SSSR count). The number of rotatable bonds is 9. The molecule has 3 aromatic rings. The van der Waals surface area contributed by atoms with E-state index in [1.165, 1.54) is 17.0 Å². The van der Waals surface area contributed by atoms with Crippen LogP contribution in [0.5, 0.6) is 0 Å². The van der Waals surface area contributed by atoms with Crippen LogP contribution in [0, 0.1) is 17.5 Å². The first kappa shape index (κ1) is 25.9.